The first-order valence-corrected chi connectivity index (χ1v) is 7.30. The van der Waals surface area contributed by atoms with Crippen molar-refractivity contribution in [3.63, 3.8) is 0 Å². The average Bonchev–Trinajstić information content (AvgIpc) is 2.99. The molecule has 1 fully saturated rings. The second-order valence-corrected chi connectivity index (χ2v) is 5.72. The van der Waals surface area contributed by atoms with Crippen molar-refractivity contribution >= 4 is 0 Å². The molecule has 1 aromatic carbocycles. The quantitative estimate of drug-likeness (QED) is 0.881. The van der Waals surface area contributed by atoms with Crippen LogP contribution in [0.4, 0.5) is 4.39 Å². The zero-order chi connectivity index (χ0) is 15.6. The summed E-state index contributed by atoms with van der Waals surface area (Å²) in [5.74, 6) is 2.22. The third kappa shape index (κ3) is 3.19. The Morgan fingerprint density at radius 1 is 1.27 bits per heavy atom. The lowest BCUT2D eigenvalue weighted by Crippen LogP contribution is -2.42. The Labute approximate surface area is 129 Å². The van der Waals surface area contributed by atoms with Crippen LogP contribution in [0.2, 0.25) is 0 Å². The summed E-state index contributed by atoms with van der Waals surface area (Å²) in [6.07, 6.45) is 10.3. The number of hydrogen-bond acceptors (Lipinski definition) is 3. The molecular weight excluding hydrogens is 281 g/mol. The minimum atomic E-state index is -0.950. The second kappa shape index (κ2) is 5.91. The summed E-state index contributed by atoms with van der Waals surface area (Å²) in [6, 6.07) is 6.23. The summed E-state index contributed by atoms with van der Waals surface area (Å²) in [5, 5.41) is 14.3. The Hall–Kier alpha value is -2.16. The maximum atomic E-state index is 12.9. The third-order valence-corrected chi connectivity index (χ3v) is 4.09. The molecule has 4 nitrogen and oxygen atoms in total. The lowest BCUT2D eigenvalue weighted by molar-refractivity contribution is 0.0248. The molecule has 3 rings (SSSR count). The molecule has 0 unspecified atom stereocenters. The van der Waals surface area contributed by atoms with Crippen LogP contribution in [-0.4, -0.2) is 38.5 Å². The number of piperidine rings is 1. The fourth-order valence-electron chi connectivity index (χ4n) is 2.66. The summed E-state index contributed by atoms with van der Waals surface area (Å²) >= 11 is 0. The van der Waals surface area contributed by atoms with Crippen molar-refractivity contribution in [3.8, 4) is 18.0 Å². The van der Waals surface area contributed by atoms with E-state index in [2.05, 4.69) is 15.9 Å². The van der Waals surface area contributed by atoms with Gasteiger partial charge in [-0.2, -0.15) is 5.10 Å². The molecule has 1 saturated heterocycles. The standard InChI is InChI=1S/C17H18FN3O/c1-2-17(22)7-9-20(10-8-17)12-14-11-19-21(13-14)16-5-3-15(18)4-6-16/h1,3-6,11,13,22H,7-10,12H2. The van der Waals surface area contributed by atoms with Crippen molar-refractivity contribution in [1.29, 1.82) is 0 Å². The average molecular weight is 299 g/mol. The monoisotopic (exact) mass is 299 g/mol. The van der Waals surface area contributed by atoms with Crippen molar-refractivity contribution < 1.29 is 9.50 Å². The van der Waals surface area contributed by atoms with Gasteiger partial charge in [-0.1, -0.05) is 5.92 Å². The highest BCUT2D eigenvalue weighted by atomic mass is 19.1. The normalized spacial score (nSPS) is 18.0. The van der Waals surface area contributed by atoms with Crippen molar-refractivity contribution in [2.45, 2.75) is 25.0 Å². The van der Waals surface area contributed by atoms with Gasteiger partial charge in [0.1, 0.15) is 11.4 Å². The molecule has 0 amide bonds. The first-order valence-electron chi connectivity index (χ1n) is 7.30. The molecule has 5 heteroatoms. The van der Waals surface area contributed by atoms with Gasteiger partial charge >= 0.3 is 0 Å². The summed E-state index contributed by atoms with van der Waals surface area (Å²) in [4.78, 5) is 2.25. The van der Waals surface area contributed by atoms with Gasteiger partial charge in [-0.15, -0.1) is 6.42 Å². The van der Waals surface area contributed by atoms with Crippen LogP contribution in [0.25, 0.3) is 5.69 Å². The second-order valence-electron chi connectivity index (χ2n) is 5.72. The van der Waals surface area contributed by atoms with E-state index in [-0.39, 0.29) is 5.82 Å². The third-order valence-electron chi connectivity index (χ3n) is 4.09. The van der Waals surface area contributed by atoms with Gasteiger partial charge in [0.2, 0.25) is 0 Å². The van der Waals surface area contributed by atoms with Crippen molar-refractivity contribution in [3.05, 3.63) is 48.0 Å². The number of benzene rings is 1. The van der Waals surface area contributed by atoms with Crippen LogP contribution >= 0.6 is 0 Å². The summed E-state index contributed by atoms with van der Waals surface area (Å²) in [6.45, 7) is 2.30. The number of rotatable bonds is 3. The van der Waals surface area contributed by atoms with Gasteiger partial charge in [0.25, 0.3) is 0 Å². The Morgan fingerprint density at radius 2 is 1.95 bits per heavy atom. The SMILES string of the molecule is C#CC1(O)CCN(Cc2cnn(-c3ccc(F)cc3)c2)CC1. The molecule has 0 bridgehead atoms. The van der Waals surface area contributed by atoms with E-state index >= 15 is 0 Å². The van der Waals surface area contributed by atoms with E-state index in [4.69, 9.17) is 6.42 Å². The molecule has 2 aromatic rings. The number of nitrogens with zero attached hydrogens (tertiary/aromatic N) is 3. The lowest BCUT2D eigenvalue weighted by atomic mass is 9.92. The van der Waals surface area contributed by atoms with Gasteiger partial charge < -0.3 is 5.11 Å². The van der Waals surface area contributed by atoms with E-state index in [0.29, 0.717) is 12.8 Å². The maximum Gasteiger partial charge on any atom is 0.127 e. The van der Waals surface area contributed by atoms with Crippen LogP contribution < -0.4 is 0 Å². The summed E-state index contributed by atoms with van der Waals surface area (Å²) in [7, 11) is 0. The number of terminal acetylenes is 1. The highest BCUT2D eigenvalue weighted by molar-refractivity contribution is 5.31. The topological polar surface area (TPSA) is 41.3 Å². The zero-order valence-corrected chi connectivity index (χ0v) is 12.2. The van der Waals surface area contributed by atoms with Gasteiger partial charge in [-0.05, 0) is 24.3 Å². The van der Waals surface area contributed by atoms with Crippen LogP contribution in [0.5, 0.6) is 0 Å². The fourth-order valence-corrected chi connectivity index (χ4v) is 2.66. The molecular formula is C17H18FN3O. The molecule has 0 saturated carbocycles. The van der Waals surface area contributed by atoms with Crippen molar-refractivity contribution in [2.75, 3.05) is 13.1 Å². The highest BCUT2D eigenvalue weighted by Gasteiger charge is 2.30. The van der Waals surface area contributed by atoms with Crippen molar-refractivity contribution in [1.82, 2.24) is 14.7 Å². The molecule has 1 aliphatic heterocycles. The predicted molar refractivity (Wildman–Crippen MR) is 81.8 cm³/mol. The van der Waals surface area contributed by atoms with E-state index in [1.807, 2.05) is 12.4 Å². The molecule has 1 aliphatic rings. The predicted octanol–water partition coefficient (Wildman–Crippen LogP) is 1.97. The van der Waals surface area contributed by atoms with Gasteiger partial charge in [0, 0.05) is 44.2 Å². The van der Waals surface area contributed by atoms with E-state index in [1.165, 1.54) is 12.1 Å². The number of halogens is 1. The van der Waals surface area contributed by atoms with E-state index in [0.717, 1.165) is 30.9 Å². The van der Waals surface area contributed by atoms with Gasteiger partial charge in [-0.3, -0.25) is 4.90 Å². The van der Waals surface area contributed by atoms with E-state index < -0.39 is 5.60 Å². The molecule has 1 N–H and O–H groups in total. The molecule has 0 atom stereocenters. The van der Waals surface area contributed by atoms with Gasteiger partial charge in [0.05, 0.1) is 11.9 Å². The number of aromatic nitrogens is 2. The highest BCUT2D eigenvalue weighted by Crippen LogP contribution is 2.22. The Bertz CT molecular complexity index is 679. The Kier molecular flexibility index (Phi) is 3.97. The molecule has 22 heavy (non-hydrogen) atoms. The number of likely N-dealkylation sites (tertiary alicyclic amines) is 1. The first-order chi connectivity index (χ1) is 10.6. The van der Waals surface area contributed by atoms with Gasteiger partial charge in [0.15, 0.2) is 0 Å². The van der Waals surface area contributed by atoms with E-state index in [9.17, 15) is 9.50 Å². The molecule has 2 heterocycles. The van der Waals surface area contributed by atoms with Crippen LogP contribution in [0.15, 0.2) is 36.7 Å². The molecule has 114 valence electrons. The minimum absolute atomic E-state index is 0.259. The molecule has 0 spiro atoms. The minimum Gasteiger partial charge on any atom is -0.378 e. The smallest absolute Gasteiger partial charge is 0.127 e. The Morgan fingerprint density at radius 3 is 2.59 bits per heavy atom. The van der Waals surface area contributed by atoms with Gasteiger partial charge in [-0.25, -0.2) is 9.07 Å². The molecule has 0 aliphatic carbocycles. The molecule has 1 aromatic heterocycles. The van der Waals surface area contributed by atoms with Crippen molar-refractivity contribution in [2.24, 2.45) is 0 Å². The fraction of sp³-hybridized carbons (Fsp3) is 0.353. The largest absolute Gasteiger partial charge is 0.378 e. The first kappa shape index (κ1) is 14.8. The maximum absolute atomic E-state index is 12.9. The number of hydrogen-bond donors (Lipinski definition) is 1. The summed E-state index contributed by atoms with van der Waals surface area (Å²) < 4.78 is 14.7. The van der Waals surface area contributed by atoms with Crippen LogP contribution in [0.1, 0.15) is 18.4 Å². The lowest BCUT2D eigenvalue weighted by Gasteiger charge is -2.34. The van der Waals surface area contributed by atoms with Crippen LogP contribution in [-0.2, 0) is 6.54 Å². The number of aliphatic hydroxyl groups is 1. The van der Waals surface area contributed by atoms with Crippen LogP contribution in [0, 0.1) is 18.2 Å². The van der Waals surface area contributed by atoms with E-state index in [1.54, 1.807) is 16.8 Å². The van der Waals surface area contributed by atoms with Crippen LogP contribution in [0.3, 0.4) is 0 Å². The summed E-state index contributed by atoms with van der Waals surface area (Å²) in [5.41, 5.74) is 0.956. The zero-order valence-electron chi connectivity index (χ0n) is 12.2. The Balaban J connectivity index is 1.63. The molecule has 0 radical (unpaired) electrons.